The average molecular weight is 294 g/mol. The largest absolute Gasteiger partial charge is 0.508 e. The van der Waals surface area contributed by atoms with E-state index in [4.69, 9.17) is 4.74 Å². The number of benzene rings is 2. The molecule has 1 aliphatic heterocycles. The van der Waals surface area contributed by atoms with Crippen molar-refractivity contribution in [3.63, 3.8) is 0 Å². The van der Waals surface area contributed by atoms with Gasteiger partial charge < -0.3 is 9.84 Å². The van der Waals surface area contributed by atoms with E-state index in [1.54, 1.807) is 12.1 Å². The molecule has 0 fully saturated rings. The van der Waals surface area contributed by atoms with Gasteiger partial charge in [-0.1, -0.05) is 13.0 Å². The third kappa shape index (κ3) is 1.52. The van der Waals surface area contributed by atoms with Gasteiger partial charge in [-0.2, -0.15) is 0 Å². The maximum absolute atomic E-state index is 12.8. The maximum atomic E-state index is 12.8. The third-order valence-electron chi connectivity index (χ3n) is 4.46. The molecule has 1 aliphatic carbocycles. The van der Waals surface area contributed by atoms with E-state index in [0.29, 0.717) is 28.7 Å². The number of fused-ring (bicyclic) bond motifs is 3. The van der Waals surface area contributed by atoms with Crippen molar-refractivity contribution in [1.29, 1.82) is 0 Å². The number of carbonyl (C=O) groups excluding carboxylic acids is 2. The summed E-state index contributed by atoms with van der Waals surface area (Å²) in [6, 6.07) is 6.72. The molecule has 0 unspecified atom stereocenters. The minimum atomic E-state index is -0.260. The topological polar surface area (TPSA) is 63.6 Å². The normalized spacial score (nSPS) is 20.2. The molecule has 2 aromatic rings. The van der Waals surface area contributed by atoms with Crippen molar-refractivity contribution in [3.8, 4) is 5.75 Å². The molecule has 4 heteroatoms. The minimum absolute atomic E-state index is 0.0683. The van der Waals surface area contributed by atoms with E-state index in [1.807, 2.05) is 19.9 Å². The highest BCUT2D eigenvalue weighted by Gasteiger charge is 2.40. The van der Waals surface area contributed by atoms with Gasteiger partial charge in [0.2, 0.25) is 5.78 Å². The SMILES string of the molecule is Cc1cc(O)cc2c3c(ccc12)C(=O)C1=C(OC[C@H]1C)C3=O. The number of rotatable bonds is 0. The molecular formula is C18H14O4. The molecular weight excluding hydrogens is 280 g/mol. The van der Waals surface area contributed by atoms with Gasteiger partial charge in [0.15, 0.2) is 11.5 Å². The molecule has 22 heavy (non-hydrogen) atoms. The Morgan fingerprint density at radius 1 is 1.14 bits per heavy atom. The molecule has 0 amide bonds. The Morgan fingerprint density at radius 3 is 2.68 bits per heavy atom. The molecule has 4 nitrogen and oxygen atoms in total. The third-order valence-corrected chi connectivity index (χ3v) is 4.46. The highest BCUT2D eigenvalue weighted by Crippen LogP contribution is 2.39. The molecule has 110 valence electrons. The van der Waals surface area contributed by atoms with E-state index >= 15 is 0 Å². The molecule has 1 atom stereocenters. The molecule has 0 radical (unpaired) electrons. The molecule has 0 aromatic heterocycles. The molecule has 1 heterocycles. The predicted octanol–water partition coefficient (Wildman–Crippen LogP) is 3.15. The fraction of sp³-hybridized carbons (Fsp3) is 0.222. The number of aromatic hydroxyl groups is 1. The summed E-state index contributed by atoms with van der Waals surface area (Å²) < 4.78 is 5.46. The van der Waals surface area contributed by atoms with E-state index in [0.717, 1.165) is 10.9 Å². The summed E-state index contributed by atoms with van der Waals surface area (Å²) in [5, 5.41) is 11.3. The molecule has 2 aliphatic rings. The lowest BCUT2D eigenvalue weighted by molar-refractivity contribution is 0.0915. The van der Waals surface area contributed by atoms with E-state index < -0.39 is 0 Å². The molecule has 2 aromatic carbocycles. The Kier molecular flexibility index (Phi) is 2.49. The second-order valence-corrected chi connectivity index (χ2v) is 5.96. The van der Waals surface area contributed by atoms with Crippen molar-refractivity contribution in [2.45, 2.75) is 13.8 Å². The van der Waals surface area contributed by atoms with Crippen molar-refractivity contribution in [3.05, 3.63) is 52.3 Å². The zero-order valence-corrected chi connectivity index (χ0v) is 12.3. The number of hydrogen-bond acceptors (Lipinski definition) is 4. The minimum Gasteiger partial charge on any atom is -0.508 e. The summed E-state index contributed by atoms with van der Waals surface area (Å²) in [7, 11) is 0. The number of ether oxygens (including phenoxy) is 1. The predicted molar refractivity (Wildman–Crippen MR) is 81.2 cm³/mol. The van der Waals surface area contributed by atoms with Gasteiger partial charge in [0, 0.05) is 17.0 Å². The number of Topliss-reactive ketones (excluding diaryl/α,β-unsaturated/α-hetero) is 2. The zero-order chi connectivity index (χ0) is 15.6. The quantitative estimate of drug-likeness (QED) is 0.810. The van der Waals surface area contributed by atoms with Crippen LogP contribution in [0.5, 0.6) is 5.75 Å². The van der Waals surface area contributed by atoms with Crippen LogP contribution in [0.25, 0.3) is 10.8 Å². The van der Waals surface area contributed by atoms with Crippen LogP contribution in [0.3, 0.4) is 0 Å². The van der Waals surface area contributed by atoms with Crippen molar-refractivity contribution >= 4 is 22.3 Å². The average Bonchev–Trinajstić information content (AvgIpc) is 2.86. The lowest BCUT2D eigenvalue weighted by Crippen LogP contribution is -2.22. The summed E-state index contributed by atoms with van der Waals surface area (Å²) in [6.45, 7) is 4.11. The zero-order valence-electron chi connectivity index (χ0n) is 12.3. The number of allylic oxidation sites excluding steroid dienone is 1. The van der Waals surface area contributed by atoms with E-state index in [2.05, 4.69) is 0 Å². The summed E-state index contributed by atoms with van der Waals surface area (Å²) in [4.78, 5) is 25.5. The van der Waals surface area contributed by atoms with Crippen molar-refractivity contribution < 1.29 is 19.4 Å². The first-order valence-electron chi connectivity index (χ1n) is 7.21. The summed E-state index contributed by atoms with van der Waals surface area (Å²) in [6.07, 6.45) is 0. The van der Waals surface area contributed by atoms with Gasteiger partial charge in [-0.15, -0.1) is 0 Å². The number of hydrogen-bond donors (Lipinski definition) is 1. The van der Waals surface area contributed by atoms with Crippen LogP contribution in [0.1, 0.15) is 33.2 Å². The fourth-order valence-electron chi connectivity index (χ4n) is 3.40. The smallest absolute Gasteiger partial charge is 0.229 e. The van der Waals surface area contributed by atoms with Crippen LogP contribution < -0.4 is 0 Å². The molecule has 1 N–H and O–H groups in total. The fourth-order valence-corrected chi connectivity index (χ4v) is 3.40. The number of phenolic OH excluding ortho intramolecular Hbond substituents is 1. The van der Waals surface area contributed by atoms with Crippen molar-refractivity contribution in [2.24, 2.45) is 5.92 Å². The summed E-state index contributed by atoms with van der Waals surface area (Å²) in [5.74, 6) is -0.208. The van der Waals surface area contributed by atoms with Crippen LogP contribution in [0.4, 0.5) is 0 Å². The van der Waals surface area contributed by atoms with Gasteiger partial charge in [-0.25, -0.2) is 0 Å². The Hall–Kier alpha value is -2.62. The standard InChI is InChI=1S/C18H14O4/c1-8-5-10(19)6-13-11(8)3-4-12-15(13)17(21)18-14(16(12)20)9(2)7-22-18/h3-6,9,19H,7H2,1-2H3/t9-/m1/s1. The number of phenols is 1. The van der Waals surface area contributed by atoms with Gasteiger partial charge in [0.05, 0.1) is 12.2 Å². The maximum Gasteiger partial charge on any atom is 0.229 e. The second kappa shape index (κ2) is 4.19. The van der Waals surface area contributed by atoms with Crippen molar-refractivity contribution in [2.75, 3.05) is 6.61 Å². The Morgan fingerprint density at radius 2 is 1.91 bits per heavy atom. The first-order valence-corrected chi connectivity index (χ1v) is 7.21. The highest BCUT2D eigenvalue weighted by atomic mass is 16.5. The van der Waals surface area contributed by atoms with Gasteiger partial charge >= 0.3 is 0 Å². The lowest BCUT2D eigenvalue weighted by Gasteiger charge is -2.19. The first-order chi connectivity index (χ1) is 10.5. The van der Waals surface area contributed by atoms with Crippen LogP contribution in [-0.2, 0) is 4.74 Å². The van der Waals surface area contributed by atoms with Gasteiger partial charge in [0.25, 0.3) is 0 Å². The van der Waals surface area contributed by atoms with Crippen LogP contribution in [0.15, 0.2) is 35.6 Å². The van der Waals surface area contributed by atoms with Gasteiger partial charge in [0.1, 0.15) is 5.75 Å². The van der Waals surface area contributed by atoms with Gasteiger partial charge in [-0.3, -0.25) is 9.59 Å². The van der Waals surface area contributed by atoms with Crippen LogP contribution in [0, 0.1) is 12.8 Å². The summed E-state index contributed by atoms with van der Waals surface area (Å²) in [5.41, 5.74) is 2.08. The monoisotopic (exact) mass is 294 g/mol. The number of aryl methyl sites for hydroxylation is 1. The molecule has 0 saturated carbocycles. The van der Waals surface area contributed by atoms with E-state index in [-0.39, 0.29) is 29.0 Å². The highest BCUT2D eigenvalue weighted by molar-refractivity contribution is 6.30. The van der Waals surface area contributed by atoms with Crippen LogP contribution in [0.2, 0.25) is 0 Å². The van der Waals surface area contributed by atoms with Gasteiger partial charge in [-0.05, 0) is 41.5 Å². The first kappa shape index (κ1) is 13.1. The summed E-state index contributed by atoms with van der Waals surface area (Å²) >= 11 is 0. The lowest BCUT2D eigenvalue weighted by atomic mass is 9.82. The molecule has 0 spiro atoms. The van der Waals surface area contributed by atoms with Crippen molar-refractivity contribution in [1.82, 2.24) is 0 Å². The number of carbonyl (C=O) groups is 2. The van der Waals surface area contributed by atoms with Crippen LogP contribution in [-0.4, -0.2) is 23.3 Å². The molecule has 0 bridgehead atoms. The van der Waals surface area contributed by atoms with E-state index in [9.17, 15) is 14.7 Å². The Bertz CT molecular complexity index is 905. The Labute approximate surface area is 127 Å². The van der Waals surface area contributed by atoms with Crippen LogP contribution >= 0.6 is 0 Å². The van der Waals surface area contributed by atoms with E-state index in [1.165, 1.54) is 6.07 Å². The molecule has 0 saturated heterocycles. The Balaban J connectivity index is 2.09. The number of ketones is 2. The molecule has 4 rings (SSSR count). The second-order valence-electron chi connectivity index (χ2n) is 5.96.